The first-order valence-corrected chi connectivity index (χ1v) is 3.77. The SMILES string of the molecule is O=C(O)N(I)c1cccnc1. The van der Waals surface area contributed by atoms with Gasteiger partial charge in [0.05, 0.1) is 34.7 Å². The number of anilines is 1. The summed E-state index contributed by atoms with van der Waals surface area (Å²) < 4.78 is 1.07. The highest BCUT2D eigenvalue weighted by atomic mass is 127. The Bertz CT molecular complexity index is 252. The summed E-state index contributed by atoms with van der Waals surface area (Å²) in [5.41, 5.74) is 0.556. The molecule has 0 bridgehead atoms. The van der Waals surface area contributed by atoms with Crippen LogP contribution in [-0.2, 0) is 0 Å². The average Bonchev–Trinajstić information content (AvgIpc) is 2.05. The van der Waals surface area contributed by atoms with Gasteiger partial charge in [-0.2, -0.15) is 0 Å². The van der Waals surface area contributed by atoms with Gasteiger partial charge in [0, 0.05) is 6.20 Å². The van der Waals surface area contributed by atoms with E-state index >= 15 is 0 Å². The summed E-state index contributed by atoms with van der Waals surface area (Å²) in [6.45, 7) is 0. The molecule has 0 atom stereocenters. The highest BCUT2D eigenvalue weighted by Crippen LogP contribution is 2.15. The van der Waals surface area contributed by atoms with E-state index in [1.807, 2.05) is 0 Å². The van der Waals surface area contributed by atoms with E-state index in [2.05, 4.69) is 4.98 Å². The molecule has 0 unspecified atom stereocenters. The van der Waals surface area contributed by atoms with Gasteiger partial charge in [-0.25, -0.2) is 7.91 Å². The number of amides is 1. The molecule has 1 heterocycles. The van der Waals surface area contributed by atoms with Crippen molar-refractivity contribution in [2.24, 2.45) is 0 Å². The molecule has 11 heavy (non-hydrogen) atoms. The van der Waals surface area contributed by atoms with Crippen LogP contribution in [0.25, 0.3) is 0 Å². The van der Waals surface area contributed by atoms with Gasteiger partial charge in [0.25, 0.3) is 0 Å². The van der Waals surface area contributed by atoms with E-state index in [0.29, 0.717) is 5.69 Å². The molecule has 4 nitrogen and oxygen atoms in total. The van der Waals surface area contributed by atoms with Gasteiger partial charge in [-0.05, 0) is 12.1 Å². The number of carbonyl (C=O) groups is 1. The zero-order valence-electron chi connectivity index (χ0n) is 5.44. The Morgan fingerprint density at radius 1 is 1.73 bits per heavy atom. The lowest BCUT2D eigenvalue weighted by atomic mass is 10.4. The fourth-order valence-electron chi connectivity index (χ4n) is 0.580. The predicted molar refractivity (Wildman–Crippen MR) is 48.8 cm³/mol. The maximum absolute atomic E-state index is 10.4. The van der Waals surface area contributed by atoms with Gasteiger partial charge in [0.15, 0.2) is 0 Å². The van der Waals surface area contributed by atoms with E-state index < -0.39 is 6.09 Å². The largest absolute Gasteiger partial charge is 0.464 e. The van der Waals surface area contributed by atoms with Gasteiger partial charge in [-0.15, -0.1) is 0 Å². The Morgan fingerprint density at radius 2 is 2.45 bits per heavy atom. The zero-order chi connectivity index (χ0) is 8.27. The smallest absolute Gasteiger partial charge is 0.420 e. The molecular formula is C6H5IN2O2. The fourth-order valence-corrected chi connectivity index (χ4v) is 0.866. The first-order chi connectivity index (χ1) is 5.22. The highest BCUT2D eigenvalue weighted by Gasteiger charge is 2.08. The number of hydrogen-bond donors (Lipinski definition) is 1. The second kappa shape index (κ2) is 3.51. The summed E-state index contributed by atoms with van der Waals surface area (Å²) >= 11 is 1.69. The van der Waals surface area contributed by atoms with E-state index in [4.69, 9.17) is 5.11 Å². The first-order valence-electron chi connectivity index (χ1n) is 2.80. The number of pyridine rings is 1. The van der Waals surface area contributed by atoms with Crippen molar-refractivity contribution in [1.29, 1.82) is 0 Å². The number of rotatable bonds is 1. The average molecular weight is 264 g/mol. The van der Waals surface area contributed by atoms with Gasteiger partial charge in [0.2, 0.25) is 0 Å². The van der Waals surface area contributed by atoms with Crippen LogP contribution >= 0.6 is 22.9 Å². The van der Waals surface area contributed by atoms with Crippen molar-refractivity contribution in [2.75, 3.05) is 3.11 Å². The molecule has 0 saturated carbocycles. The number of nitrogens with zero attached hydrogens (tertiary/aromatic N) is 2. The van der Waals surface area contributed by atoms with Gasteiger partial charge in [0.1, 0.15) is 0 Å². The van der Waals surface area contributed by atoms with E-state index in [9.17, 15) is 4.79 Å². The molecule has 0 spiro atoms. The molecule has 0 radical (unpaired) electrons. The van der Waals surface area contributed by atoms with E-state index in [1.54, 1.807) is 41.2 Å². The minimum atomic E-state index is -1.00. The Balaban J connectivity index is 2.85. The standard InChI is InChI=1S/C6H5IN2O2/c7-9(6(10)11)5-2-1-3-8-4-5/h1-4H,(H,10,11). The Hall–Kier alpha value is -0.850. The molecule has 0 fully saturated rings. The molecule has 0 aliphatic carbocycles. The van der Waals surface area contributed by atoms with Crippen molar-refractivity contribution in [3.05, 3.63) is 24.5 Å². The quantitative estimate of drug-likeness (QED) is 0.622. The van der Waals surface area contributed by atoms with Crippen molar-refractivity contribution in [3.63, 3.8) is 0 Å². The van der Waals surface area contributed by atoms with Crippen LogP contribution in [0.3, 0.4) is 0 Å². The van der Waals surface area contributed by atoms with Crippen LogP contribution < -0.4 is 3.11 Å². The predicted octanol–water partition coefficient (Wildman–Crippen LogP) is 1.92. The highest BCUT2D eigenvalue weighted by molar-refractivity contribution is 14.1. The molecule has 0 aliphatic rings. The van der Waals surface area contributed by atoms with Crippen molar-refractivity contribution < 1.29 is 9.90 Å². The molecule has 1 aromatic heterocycles. The number of carboxylic acid groups (broad SMARTS) is 1. The summed E-state index contributed by atoms with van der Waals surface area (Å²) in [5, 5.41) is 8.53. The van der Waals surface area contributed by atoms with Crippen LogP contribution in [0.5, 0.6) is 0 Å². The molecule has 1 aromatic rings. The molecule has 0 aliphatic heterocycles. The van der Waals surface area contributed by atoms with Crippen molar-refractivity contribution >= 4 is 34.6 Å². The Morgan fingerprint density at radius 3 is 2.91 bits per heavy atom. The van der Waals surface area contributed by atoms with Crippen molar-refractivity contribution in [3.8, 4) is 0 Å². The van der Waals surface area contributed by atoms with Crippen LogP contribution in [0, 0.1) is 0 Å². The van der Waals surface area contributed by atoms with Crippen LogP contribution in [-0.4, -0.2) is 16.2 Å². The fraction of sp³-hybridized carbons (Fsp3) is 0. The molecule has 1 amide bonds. The van der Waals surface area contributed by atoms with Crippen LogP contribution in [0.15, 0.2) is 24.5 Å². The van der Waals surface area contributed by atoms with Gasteiger partial charge in [-0.1, -0.05) is 0 Å². The maximum atomic E-state index is 10.4. The molecular weight excluding hydrogens is 259 g/mol. The number of halogens is 1. The second-order valence-corrected chi connectivity index (χ2v) is 2.74. The Labute approximate surface area is 77.3 Å². The zero-order valence-corrected chi connectivity index (χ0v) is 7.59. The molecule has 58 valence electrons. The molecule has 0 aromatic carbocycles. The van der Waals surface area contributed by atoms with E-state index in [-0.39, 0.29) is 0 Å². The van der Waals surface area contributed by atoms with Crippen molar-refractivity contribution in [1.82, 2.24) is 4.98 Å². The summed E-state index contributed by atoms with van der Waals surface area (Å²) in [6.07, 6.45) is 2.08. The van der Waals surface area contributed by atoms with Gasteiger partial charge < -0.3 is 5.11 Å². The Kier molecular flexibility index (Phi) is 2.64. The first kappa shape index (κ1) is 8.25. The second-order valence-electron chi connectivity index (χ2n) is 1.77. The third-order valence-electron chi connectivity index (χ3n) is 1.04. The van der Waals surface area contributed by atoms with Gasteiger partial charge in [-0.3, -0.25) is 4.98 Å². The van der Waals surface area contributed by atoms with E-state index in [1.165, 1.54) is 6.20 Å². The number of aromatic nitrogens is 1. The maximum Gasteiger partial charge on any atom is 0.420 e. The van der Waals surface area contributed by atoms with Crippen LogP contribution in [0.2, 0.25) is 0 Å². The summed E-state index contributed by atoms with van der Waals surface area (Å²) in [4.78, 5) is 14.2. The molecule has 5 heteroatoms. The van der Waals surface area contributed by atoms with Crippen LogP contribution in [0.1, 0.15) is 0 Å². The summed E-state index contributed by atoms with van der Waals surface area (Å²) in [7, 11) is 0. The summed E-state index contributed by atoms with van der Waals surface area (Å²) in [6, 6.07) is 3.36. The molecule has 1 rings (SSSR count). The topological polar surface area (TPSA) is 53.4 Å². The number of hydrogen-bond acceptors (Lipinski definition) is 2. The third kappa shape index (κ3) is 2.04. The molecule has 1 N–H and O–H groups in total. The lowest BCUT2D eigenvalue weighted by Gasteiger charge is -2.07. The normalized spacial score (nSPS) is 9.18. The van der Waals surface area contributed by atoms with Gasteiger partial charge >= 0.3 is 6.09 Å². The summed E-state index contributed by atoms with van der Waals surface area (Å²) in [5.74, 6) is 0. The molecule has 0 saturated heterocycles. The lowest BCUT2D eigenvalue weighted by Crippen LogP contribution is -2.16. The van der Waals surface area contributed by atoms with Crippen molar-refractivity contribution in [2.45, 2.75) is 0 Å². The van der Waals surface area contributed by atoms with Crippen LogP contribution in [0.4, 0.5) is 10.5 Å². The lowest BCUT2D eigenvalue weighted by molar-refractivity contribution is 0.207. The minimum absolute atomic E-state index is 0.556. The monoisotopic (exact) mass is 264 g/mol. The minimum Gasteiger partial charge on any atom is -0.464 e. The third-order valence-corrected chi connectivity index (χ3v) is 2.01. The van der Waals surface area contributed by atoms with E-state index in [0.717, 1.165) is 3.11 Å².